The maximum absolute atomic E-state index is 2.89. The van der Waals surface area contributed by atoms with Crippen LogP contribution in [-0.2, 0) is 21.1 Å². The standard InChI is InChI=1S/C6H5.Pt/c1-2-4-6-5-3-1;/h1-5H;/q-1;+2. The Balaban J connectivity index is 0.000000360. The molecule has 0 atom stereocenters. The first kappa shape index (κ1) is 6.91. The van der Waals surface area contributed by atoms with E-state index in [2.05, 4.69) is 6.07 Å². The molecule has 0 bridgehead atoms. The SMILES string of the molecule is [Pt+2].[c-]1ccccc1. The van der Waals surface area contributed by atoms with E-state index in [-0.39, 0.29) is 21.1 Å². The number of hydrogen-bond donors (Lipinski definition) is 0. The average Bonchev–Trinajstić information content (AvgIpc) is 1.72. The molecular weight excluding hydrogens is 267 g/mol. The summed E-state index contributed by atoms with van der Waals surface area (Å²) in [6, 6.07) is 12.5. The fraction of sp³-hybridized carbons (Fsp3) is 0. The molecule has 1 aromatic rings. The molecule has 0 saturated carbocycles. The smallest absolute Gasteiger partial charge is 0.184 e. The van der Waals surface area contributed by atoms with Crippen LogP contribution in [0.15, 0.2) is 30.3 Å². The van der Waals surface area contributed by atoms with Gasteiger partial charge in [-0.15, -0.1) is 0 Å². The third kappa shape index (κ3) is 2.59. The summed E-state index contributed by atoms with van der Waals surface area (Å²) in [5, 5.41) is 0. The van der Waals surface area contributed by atoms with Gasteiger partial charge in [0.2, 0.25) is 0 Å². The molecule has 1 aromatic carbocycles. The van der Waals surface area contributed by atoms with Crippen molar-refractivity contribution in [3.63, 3.8) is 0 Å². The van der Waals surface area contributed by atoms with Crippen LogP contribution in [0.2, 0.25) is 0 Å². The molecule has 0 spiro atoms. The number of rotatable bonds is 0. The molecule has 0 fully saturated rings. The van der Waals surface area contributed by atoms with Gasteiger partial charge in [0.25, 0.3) is 0 Å². The zero-order chi connectivity index (χ0) is 4.24. The van der Waals surface area contributed by atoms with Crippen molar-refractivity contribution in [2.45, 2.75) is 0 Å². The molecule has 38 valence electrons. The Bertz CT molecular complexity index is 76.1. The first-order chi connectivity index (χ1) is 3.00. The molecule has 0 saturated heterocycles. The summed E-state index contributed by atoms with van der Waals surface area (Å²) in [5.74, 6) is 0. The van der Waals surface area contributed by atoms with E-state index < -0.39 is 0 Å². The molecule has 0 aliphatic carbocycles. The first-order valence-corrected chi connectivity index (χ1v) is 1.91. The first-order valence-electron chi connectivity index (χ1n) is 1.91. The van der Waals surface area contributed by atoms with Crippen LogP contribution >= 0.6 is 0 Å². The zero-order valence-corrected chi connectivity index (χ0v) is 5.98. The van der Waals surface area contributed by atoms with Gasteiger partial charge >= 0.3 is 21.1 Å². The molecule has 0 aliphatic rings. The van der Waals surface area contributed by atoms with Crippen LogP contribution in [0.4, 0.5) is 0 Å². The Labute approximate surface area is 57.8 Å². The van der Waals surface area contributed by atoms with Crippen molar-refractivity contribution in [2.75, 3.05) is 0 Å². The molecule has 0 aromatic heterocycles. The van der Waals surface area contributed by atoms with Gasteiger partial charge in [0.1, 0.15) is 0 Å². The summed E-state index contributed by atoms with van der Waals surface area (Å²) in [6.07, 6.45) is 0. The van der Waals surface area contributed by atoms with Crippen molar-refractivity contribution in [1.29, 1.82) is 0 Å². The van der Waals surface area contributed by atoms with E-state index in [1.54, 1.807) is 0 Å². The van der Waals surface area contributed by atoms with Crippen LogP contribution in [0.1, 0.15) is 0 Å². The maximum Gasteiger partial charge on any atom is 2.00 e. The summed E-state index contributed by atoms with van der Waals surface area (Å²) in [5.41, 5.74) is 0. The molecule has 1 heteroatoms. The number of hydrogen-bond acceptors (Lipinski definition) is 0. The second-order valence-corrected chi connectivity index (χ2v) is 1.08. The molecular formula is C6H5Pt+. The molecule has 7 heavy (non-hydrogen) atoms. The molecule has 0 amide bonds. The van der Waals surface area contributed by atoms with E-state index in [9.17, 15) is 0 Å². The van der Waals surface area contributed by atoms with Gasteiger partial charge in [-0.2, -0.15) is 36.4 Å². The molecule has 0 N–H and O–H groups in total. The third-order valence-corrected chi connectivity index (χ3v) is 0.607. The van der Waals surface area contributed by atoms with Gasteiger partial charge in [0.15, 0.2) is 0 Å². The predicted molar refractivity (Wildman–Crippen MR) is 25.3 cm³/mol. The fourth-order valence-electron chi connectivity index (χ4n) is 0.342. The minimum Gasteiger partial charge on any atom is -0.184 e. The largest absolute Gasteiger partial charge is 2.00 e. The molecule has 1 rings (SSSR count). The Kier molecular flexibility index (Phi) is 4.02. The van der Waals surface area contributed by atoms with Gasteiger partial charge in [-0.1, -0.05) is 0 Å². The third-order valence-electron chi connectivity index (χ3n) is 0.607. The minimum atomic E-state index is 0. The fourth-order valence-corrected chi connectivity index (χ4v) is 0.342. The Hall–Kier alpha value is -0.0917. The van der Waals surface area contributed by atoms with Crippen molar-refractivity contribution >= 4 is 0 Å². The van der Waals surface area contributed by atoms with Crippen LogP contribution < -0.4 is 0 Å². The summed E-state index contributed by atoms with van der Waals surface area (Å²) in [4.78, 5) is 0. The molecule has 0 unspecified atom stereocenters. The van der Waals surface area contributed by atoms with Crippen LogP contribution in [0.5, 0.6) is 0 Å². The monoisotopic (exact) mass is 272 g/mol. The van der Waals surface area contributed by atoms with E-state index in [1.165, 1.54) is 0 Å². The van der Waals surface area contributed by atoms with Crippen LogP contribution in [-0.4, -0.2) is 0 Å². The average molecular weight is 272 g/mol. The second kappa shape index (κ2) is 4.08. The van der Waals surface area contributed by atoms with Gasteiger partial charge in [-0.25, -0.2) is 0 Å². The van der Waals surface area contributed by atoms with Gasteiger partial charge in [0, 0.05) is 0 Å². The van der Waals surface area contributed by atoms with Crippen molar-refractivity contribution in [3.05, 3.63) is 36.4 Å². The van der Waals surface area contributed by atoms with E-state index in [4.69, 9.17) is 0 Å². The predicted octanol–water partition coefficient (Wildman–Crippen LogP) is 1.48. The van der Waals surface area contributed by atoms with E-state index in [0.717, 1.165) is 0 Å². The number of benzene rings is 1. The van der Waals surface area contributed by atoms with Crippen molar-refractivity contribution in [3.8, 4) is 0 Å². The molecule has 0 heterocycles. The zero-order valence-electron chi connectivity index (χ0n) is 3.70. The summed E-state index contributed by atoms with van der Waals surface area (Å²) in [7, 11) is 0. The van der Waals surface area contributed by atoms with Crippen molar-refractivity contribution < 1.29 is 21.1 Å². The van der Waals surface area contributed by atoms with Crippen LogP contribution in [0.25, 0.3) is 0 Å². The molecule has 0 nitrogen and oxygen atoms in total. The minimum absolute atomic E-state index is 0. The quantitative estimate of drug-likeness (QED) is 0.628. The summed E-state index contributed by atoms with van der Waals surface area (Å²) < 4.78 is 0. The van der Waals surface area contributed by atoms with E-state index in [0.29, 0.717) is 0 Å². The Morgan fingerprint density at radius 2 is 1.43 bits per heavy atom. The van der Waals surface area contributed by atoms with Gasteiger partial charge in [-0.05, 0) is 0 Å². The van der Waals surface area contributed by atoms with Crippen molar-refractivity contribution in [1.82, 2.24) is 0 Å². The molecule has 0 aliphatic heterocycles. The topological polar surface area (TPSA) is 0 Å². The van der Waals surface area contributed by atoms with Crippen LogP contribution in [0.3, 0.4) is 0 Å². The molecule has 0 radical (unpaired) electrons. The normalized spacial score (nSPS) is 6.86. The van der Waals surface area contributed by atoms with Crippen molar-refractivity contribution in [2.24, 2.45) is 0 Å². The van der Waals surface area contributed by atoms with Gasteiger partial charge in [0.05, 0.1) is 0 Å². The van der Waals surface area contributed by atoms with E-state index in [1.807, 2.05) is 30.3 Å². The Morgan fingerprint density at radius 1 is 0.857 bits per heavy atom. The maximum atomic E-state index is 2.89. The summed E-state index contributed by atoms with van der Waals surface area (Å²) in [6.45, 7) is 0. The summed E-state index contributed by atoms with van der Waals surface area (Å²) >= 11 is 0. The van der Waals surface area contributed by atoms with Gasteiger partial charge < -0.3 is 0 Å². The second-order valence-electron chi connectivity index (χ2n) is 1.08. The van der Waals surface area contributed by atoms with E-state index >= 15 is 0 Å². The Morgan fingerprint density at radius 3 is 1.57 bits per heavy atom. The van der Waals surface area contributed by atoms with Crippen LogP contribution in [0, 0.1) is 6.07 Å². The van der Waals surface area contributed by atoms with Gasteiger partial charge in [-0.3, -0.25) is 0 Å².